The standard InChI is InChI=1S/C10H9ClN4/c1-12-15(2)10-8-6-4-3-5-7(8)9(11)13-14-10/h3-6H,1H2,2H3. The molecule has 15 heavy (non-hydrogen) atoms. The van der Waals surface area contributed by atoms with E-state index < -0.39 is 0 Å². The van der Waals surface area contributed by atoms with Crippen LogP contribution in [-0.2, 0) is 0 Å². The molecule has 1 aromatic heterocycles. The summed E-state index contributed by atoms with van der Waals surface area (Å²) >= 11 is 5.94. The second kappa shape index (κ2) is 3.82. The molecule has 5 heteroatoms. The molecule has 0 amide bonds. The minimum absolute atomic E-state index is 0.395. The van der Waals surface area contributed by atoms with Crippen LogP contribution in [0.5, 0.6) is 0 Å². The Balaban J connectivity index is 2.77. The number of fused-ring (bicyclic) bond motifs is 1. The van der Waals surface area contributed by atoms with Crippen LogP contribution in [0.25, 0.3) is 10.8 Å². The number of aromatic nitrogens is 2. The van der Waals surface area contributed by atoms with Gasteiger partial charge in [0.1, 0.15) is 0 Å². The third-order valence-corrected chi connectivity index (χ3v) is 2.42. The van der Waals surface area contributed by atoms with E-state index >= 15 is 0 Å². The van der Waals surface area contributed by atoms with Crippen molar-refractivity contribution in [3.63, 3.8) is 0 Å². The first-order valence-electron chi connectivity index (χ1n) is 4.35. The van der Waals surface area contributed by atoms with E-state index in [9.17, 15) is 0 Å². The monoisotopic (exact) mass is 220 g/mol. The van der Waals surface area contributed by atoms with Crippen molar-refractivity contribution in [2.45, 2.75) is 0 Å². The lowest BCUT2D eigenvalue weighted by molar-refractivity contribution is 0.938. The topological polar surface area (TPSA) is 41.4 Å². The van der Waals surface area contributed by atoms with Crippen molar-refractivity contribution in [3.8, 4) is 0 Å². The molecule has 0 saturated heterocycles. The van der Waals surface area contributed by atoms with Crippen LogP contribution >= 0.6 is 11.6 Å². The molecule has 1 aromatic carbocycles. The zero-order valence-electron chi connectivity index (χ0n) is 8.18. The summed E-state index contributed by atoms with van der Waals surface area (Å²) in [5.41, 5.74) is 0. The van der Waals surface area contributed by atoms with Crippen LogP contribution in [0, 0.1) is 0 Å². The number of hydrogen-bond acceptors (Lipinski definition) is 4. The van der Waals surface area contributed by atoms with Gasteiger partial charge >= 0.3 is 0 Å². The van der Waals surface area contributed by atoms with Crippen molar-refractivity contribution in [1.29, 1.82) is 0 Å². The molecule has 0 atom stereocenters. The first-order chi connectivity index (χ1) is 7.24. The number of halogens is 1. The van der Waals surface area contributed by atoms with Gasteiger partial charge in [-0.1, -0.05) is 35.9 Å². The maximum atomic E-state index is 5.94. The highest BCUT2D eigenvalue weighted by Crippen LogP contribution is 2.27. The lowest BCUT2D eigenvalue weighted by Crippen LogP contribution is -2.10. The molecule has 0 N–H and O–H groups in total. The van der Waals surface area contributed by atoms with Gasteiger partial charge in [-0.2, -0.15) is 5.10 Å². The number of benzene rings is 1. The molecule has 0 radical (unpaired) electrons. The van der Waals surface area contributed by atoms with Gasteiger partial charge in [0.2, 0.25) is 0 Å². The van der Waals surface area contributed by atoms with E-state index in [4.69, 9.17) is 11.6 Å². The lowest BCUT2D eigenvalue weighted by Gasteiger charge is -2.12. The van der Waals surface area contributed by atoms with Gasteiger partial charge in [-0.25, -0.2) is 5.01 Å². The average Bonchev–Trinajstić information content (AvgIpc) is 2.29. The third-order valence-electron chi connectivity index (χ3n) is 2.14. The summed E-state index contributed by atoms with van der Waals surface area (Å²) in [5, 5.41) is 15.4. The van der Waals surface area contributed by atoms with Crippen LogP contribution in [0.4, 0.5) is 5.82 Å². The van der Waals surface area contributed by atoms with E-state index in [-0.39, 0.29) is 0 Å². The maximum Gasteiger partial charge on any atom is 0.179 e. The van der Waals surface area contributed by atoms with Crippen LogP contribution in [0.15, 0.2) is 29.4 Å². The Morgan fingerprint density at radius 3 is 2.60 bits per heavy atom. The van der Waals surface area contributed by atoms with Gasteiger partial charge in [-0.05, 0) is 0 Å². The Bertz CT molecular complexity index is 512. The molecule has 0 aliphatic heterocycles. The molecule has 0 aliphatic carbocycles. The minimum atomic E-state index is 0.395. The van der Waals surface area contributed by atoms with Crippen molar-refractivity contribution >= 4 is 34.9 Å². The molecule has 0 spiro atoms. The molecule has 1 heterocycles. The van der Waals surface area contributed by atoms with Crippen LogP contribution < -0.4 is 5.01 Å². The third kappa shape index (κ3) is 1.64. The summed E-state index contributed by atoms with van der Waals surface area (Å²) in [7, 11) is 1.76. The summed E-state index contributed by atoms with van der Waals surface area (Å²) < 4.78 is 0. The molecule has 4 nitrogen and oxygen atoms in total. The maximum absolute atomic E-state index is 5.94. The molecular formula is C10H9ClN4. The Morgan fingerprint density at radius 2 is 1.93 bits per heavy atom. The molecular weight excluding hydrogens is 212 g/mol. The van der Waals surface area contributed by atoms with Gasteiger partial charge in [0.05, 0.1) is 0 Å². The molecule has 2 rings (SSSR count). The summed E-state index contributed by atoms with van der Waals surface area (Å²) in [5.74, 6) is 0.644. The van der Waals surface area contributed by atoms with Crippen molar-refractivity contribution in [2.75, 3.05) is 12.1 Å². The van der Waals surface area contributed by atoms with Crippen molar-refractivity contribution in [1.82, 2.24) is 10.2 Å². The minimum Gasteiger partial charge on any atom is -0.250 e. The van der Waals surface area contributed by atoms with Gasteiger partial charge in [-0.3, -0.25) is 0 Å². The quantitative estimate of drug-likeness (QED) is 0.576. The number of hydrogen-bond donors (Lipinski definition) is 0. The molecule has 0 saturated carbocycles. The average molecular weight is 221 g/mol. The molecule has 0 unspecified atom stereocenters. The number of rotatable bonds is 2. The normalized spacial score (nSPS) is 10.3. The fourth-order valence-corrected chi connectivity index (χ4v) is 1.57. The highest BCUT2D eigenvalue weighted by molar-refractivity contribution is 6.34. The lowest BCUT2D eigenvalue weighted by atomic mass is 10.2. The van der Waals surface area contributed by atoms with E-state index in [2.05, 4.69) is 22.0 Å². The number of anilines is 1. The van der Waals surface area contributed by atoms with Crippen molar-refractivity contribution in [3.05, 3.63) is 29.4 Å². The smallest absolute Gasteiger partial charge is 0.179 e. The van der Waals surface area contributed by atoms with Gasteiger partial charge < -0.3 is 0 Å². The van der Waals surface area contributed by atoms with Gasteiger partial charge in [0, 0.05) is 24.5 Å². The van der Waals surface area contributed by atoms with E-state index in [1.165, 1.54) is 0 Å². The molecule has 0 bridgehead atoms. The van der Waals surface area contributed by atoms with Crippen LogP contribution in [0.3, 0.4) is 0 Å². The molecule has 2 aromatic rings. The Kier molecular flexibility index (Phi) is 2.51. The Hall–Kier alpha value is -1.68. The highest BCUT2D eigenvalue weighted by Gasteiger charge is 2.09. The number of hydrazone groups is 1. The van der Waals surface area contributed by atoms with Gasteiger partial charge in [0.15, 0.2) is 11.0 Å². The summed E-state index contributed by atoms with van der Waals surface area (Å²) in [6.07, 6.45) is 0. The first-order valence-corrected chi connectivity index (χ1v) is 4.73. The molecule has 0 fully saturated rings. The fraction of sp³-hybridized carbons (Fsp3) is 0.100. The zero-order chi connectivity index (χ0) is 10.8. The largest absolute Gasteiger partial charge is 0.250 e. The summed E-state index contributed by atoms with van der Waals surface area (Å²) in [6.45, 7) is 3.44. The summed E-state index contributed by atoms with van der Waals surface area (Å²) in [6, 6.07) is 7.64. The second-order valence-electron chi connectivity index (χ2n) is 3.03. The summed E-state index contributed by atoms with van der Waals surface area (Å²) in [4.78, 5) is 0. The number of nitrogens with zero attached hydrogens (tertiary/aromatic N) is 4. The highest BCUT2D eigenvalue weighted by atomic mass is 35.5. The first kappa shape index (κ1) is 9.86. The van der Waals surface area contributed by atoms with Gasteiger partial charge in [-0.15, -0.1) is 10.2 Å². The SMILES string of the molecule is C=NN(C)c1nnc(Cl)c2ccccc12. The fourth-order valence-electron chi connectivity index (χ4n) is 1.36. The van der Waals surface area contributed by atoms with E-state index in [1.807, 2.05) is 24.3 Å². The van der Waals surface area contributed by atoms with E-state index in [0.29, 0.717) is 11.0 Å². The zero-order valence-corrected chi connectivity index (χ0v) is 8.94. The predicted molar refractivity (Wildman–Crippen MR) is 62.5 cm³/mol. The predicted octanol–water partition coefficient (Wildman–Crippen LogP) is 2.33. The van der Waals surface area contributed by atoms with Crippen molar-refractivity contribution < 1.29 is 0 Å². The Labute approximate surface area is 92.2 Å². The van der Waals surface area contributed by atoms with E-state index in [1.54, 1.807) is 12.1 Å². The molecule has 0 aliphatic rings. The van der Waals surface area contributed by atoms with Crippen LogP contribution in [0.2, 0.25) is 5.15 Å². The van der Waals surface area contributed by atoms with E-state index in [0.717, 1.165) is 10.8 Å². The van der Waals surface area contributed by atoms with Crippen molar-refractivity contribution in [2.24, 2.45) is 5.10 Å². The molecule has 76 valence electrons. The van der Waals surface area contributed by atoms with Crippen LogP contribution in [-0.4, -0.2) is 24.0 Å². The van der Waals surface area contributed by atoms with Gasteiger partial charge in [0.25, 0.3) is 0 Å². The Morgan fingerprint density at radius 1 is 1.27 bits per heavy atom. The van der Waals surface area contributed by atoms with Crippen LogP contribution in [0.1, 0.15) is 0 Å². The second-order valence-corrected chi connectivity index (χ2v) is 3.38.